The zero-order chi connectivity index (χ0) is 21.3. The van der Waals surface area contributed by atoms with Crippen LogP contribution in [0.25, 0.3) is 0 Å². The lowest BCUT2D eigenvalue weighted by molar-refractivity contribution is -0.145. The first-order chi connectivity index (χ1) is 14.5. The molecule has 0 unspecified atom stereocenters. The Balaban J connectivity index is 1.65. The van der Waals surface area contributed by atoms with Gasteiger partial charge in [0.2, 0.25) is 5.91 Å². The van der Waals surface area contributed by atoms with E-state index >= 15 is 0 Å². The number of nitrogens with zero attached hydrogens (tertiary/aromatic N) is 2. The van der Waals surface area contributed by atoms with E-state index in [1.807, 2.05) is 47.1 Å². The summed E-state index contributed by atoms with van der Waals surface area (Å²) >= 11 is 0. The van der Waals surface area contributed by atoms with Gasteiger partial charge in [0.05, 0.1) is 26.2 Å². The van der Waals surface area contributed by atoms with Crippen molar-refractivity contribution in [2.75, 3.05) is 32.8 Å². The zero-order valence-corrected chi connectivity index (χ0v) is 18.0. The van der Waals surface area contributed by atoms with Gasteiger partial charge in [-0.25, -0.2) is 0 Å². The van der Waals surface area contributed by atoms with Gasteiger partial charge in [-0.15, -0.1) is 0 Å². The van der Waals surface area contributed by atoms with Gasteiger partial charge in [-0.2, -0.15) is 0 Å². The van der Waals surface area contributed by atoms with Crippen LogP contribution < -0.4 is 0 Å². The van der Waals surface area contributed by atoms with Gasteiger partial charge in [0, 0.05) is 13.1 Å². The van der Waals surface area contributed by atoms with E-state index in [9.17, 15) is 9.59 Å². The van der Waals surface area contributed by atoms with E-state index in [1.165, 1.54) is 5.56 Å². The zero-order valence-electron chi connectivity index (χ0n) is 18.0. The number of benzene rings is 1. The Morgan fingerprint density at radius 1 is 1.10 bits per heavy atom. The summed E-state index contributed by atoms with van der Waals surface area (Å²) in [5.74, 6) is 1.91. The maximum Gasteiger partial charge on any atom is 0.320 e. The summed E-state index contributed by atoms with van der Waals surface area (Å²) in [5.41, 5.74) is 1.19. The Labute approximate surface area is 178 Å². The molecule has 0 radical (unpaired) electrons. The monoisotopic (exact) mass is 412 g/mol. The Morgan fingerprint density at radius 2 is 1.87 bits per heavy atom. The summed E-state index contributed by atoms with van der Waals surface area (Å²) in [6, 6.07) is 14.0. The van der Waals surface area contributed by atoms with Crippen molar-refractivity contribution in [3.05, 3.63) is 59.5 Å². The fourth-order valence-corrected chi connectivity index (χ4v) is 3.49. The lowest BCUT2D eigenvalue weighted by Gasteiger charge is -2.26. The van der Waals surface area contributed by atoms with E-state index < -0.39 is 0 Å². The summed E-state index contributed by atoms with van der Waals surface area (Å²) in [4.78, 5) is 29.0. The number of amides is 1. The number of hydrogen-bond acceptors (Lipinski definition) is 5. The van der Waals surface area contributed by atoms with Crippen molar-refractivity contribution in [3.8, 4) is 0 Å². The minimum atomic E-state index is -0.275. The van der Waals surface area contributed by atoms with Crippen LogP contribution in [0.4, 0.5) is 0 Å². The highest BCUT2D eigenvalue weighted by Gasteiger charge is 2.28. The summed E-state index contributed by atoms with van der Waals surface area (Å²) < 4.78 is 10.8. The molecule has 0 aliphatic heterocycles. The molecule has 1 aliphatic carbocycles. The Hall–Kier alpha value is -2.60. The van der Waals surface area contributed by atoms with E-state index in [1.54, 1.807) is 6.92 Å². The van der Waals surface area contributed by atoms with Gasteiger partial charge in [-0.05, 0) is 56.7 Å². The van der Waals surface area contributed by atoms with Crippen LogP contribution in [-0.2, 0) is 27.3 Å². The number of carbonyl (C=O) groups is 2. The first kappa shape index (κ1) is 22.1. The van der Waals surface area contributed by atoms with Gasteiger partial charge in [-0.3, -0.25) is 14.5 Å². The molecule has 0 N–H and O–H groups in total. The molecule has 1 heterocycles. The molecule has 0 bridgehead atoms. The van der Waals surface area contributed by atoms with Crippen molar-refractivity contribution in [1.29, 1.82) is 0 Å². The average molecular weight is 413 g/mol. The first-order valence-electron chi connectivity index (χ1n) is 10.8. The van der Waals surface area contributed by atoms with Crippen molar-refractivity contribution in [2.45, 2.75) is 39.7 Å². The number of ether oxygens (including phenoxy) is 1. The standard InChI is InChI=1S/C24H32N2O4/c1-3-29-24(28)18-25(15-21-10-11-21)17-23(27)26(16-22-12-9-19(2)30-22)14-13-20-7-5-4-6-8-20/h4-9,12,21H,3,10-11,13-18H2,1-2H3. The highest BCUT2D eigenvalue weighted by atomic mass is 16.5. The van der Waals surface area contributed by atoms with Crippen LogP contribution in [-0.4, -0.2) is 54.5 Å². The van der Waals surface area contributed by atoms with Gasteiger partial charge in [-0.1, -0.05) is 30.3 Å². The lowest BCUT2D eigenvalue weighted by atomic mass is 10.1. The summed E-state index contributed by atoms with van der Waals surface area (Å²) in [5, 5.41) is 0. The van der Waals surface area contributed by atoms with Gasteiger partial charge < -0.3 is 14.1 Å². The van der Waals surface area contributed by atoms with Crippen molar-refractivity contribution in [3.63, 3.8) is 0 Å². The van der Waals surface area contributed by atoms with Crippen LogP contribution in [0.1, 0.15) is 36.8 Å². The molecule has 0 spiro atoms. The van der Waals surface area contributed by atoms with Crippen LogP contribution >= 0.6 is 0 Å². The number of aryl methyl sites for hydroxylation is 1. The number of hydrogen-bond donors (Lipinski definition) is 0. The van der Waals surface area contributed by atoms with Gasteiger partial charge in [0.25, 0.3) is 0 Å². The number of furan rings is 1. The van der Waals surface area contributed by atoms with Crippen LogP contribution in [0.3, 0.4) is 0 Å². The molecule has 0 atom stereocenters. The van der Waals surface area contributed by atoms with E-state index in [2.05, 4.69) is 12.1 Å². The lowest BCUT2D eigenvalue weighted by Crippen LogP contribution is -2.43. The number of carbonyl (C=O) groups excluding carboxylic acids is 2. The average Bonchev–Trinajstić information content (AvgIpc) is 3.44. The molecule has 0 saturated heterocycles. The Kier molecular flexibility index (Phi) is 8.08. The molecule has 1 saturated carbocycles. The first-order valence-corrected chi connectivity index (χ1v) is 10.8. The fraction of sp³-hybridized carbons (Fsp3) is 0.500. The van der Waals surface area contributed by atoms with Crippen LogP contribution in [0, 0.1) is 12.8 Å². The molecular weight excluding hydrogens is 380 g/mol. The summed E-state index contributed by atoms with van der Waals surface area (Å²) in [6.45, 7) is 6.20. The van der Waals surface area contributed by atoms with Crippen LogP contribution in [0.2, 0.25) is 0 Å². The van der Waals surface area contributed by atoms with Crippen LogP contribution in [0.15, 0.2) is 46.9 Å². The van der Waals surface area contributed by atoms with Crippen LogP contribution in [0.5, 0.6) is 0 Å². The van der Waals surface area contributed by atoms with Crippen molar-refractivity contribution in [1.82, 2.24) is 9.80 Å². The normalized spacial score (nSPS) is 13.4. The van der Waals surface area contributed by atoms with Crippen molar-refractivity contribution in [2.24, 2.45) is 5.92 Å². The third-order valence-corrected chi connectivity index (χ3v) is 5.24. The second-order valence-electron chi connectivity index (χ2n) is 7.98. The molecule has 30 heavy (non-hydrogen) atoms. The second-order valence-corrected chi connectivity index (χ2v) is 7.98. The van der Waals surface area contributed by atoms with Gasteiger partial charge in [0.1, 0.15) is 11.5 Å². The molecule has 1 fully saturated rings. The maximum absolute atomic E-state index is 13.2. The Morgan fingerprint density at radius 3 is 2.50 bits per heavy atom. The van der Waals surface area contributed by atoms with E-state index in [0.29, 0.717) is 25.6 Å². The minimum Gasteiger partial charge on any atom is -0.465 e. The summed E-state index contributed by atoms with van der Waals surface area (Å²) in [6.07, 6.45) is 3.10. The van der Waals surface area contributed by atoms with E-state index in [-0.39, 0.29) is 25.0 Å². The molecule has 2 aromatic rings. The second kappa shape index (κ2) is 11.0. The molecule has 1 amide bonds. The molecule has 1 aromatic carbocycles. The maximum atomic E-state index is 13.2. The van der Waals surface area contributed by atoms with Crippen molar-refractivity contribution < 1.29 is 18.7 Å². The number of esters is 1. The molecule has 1 aromatic heterocycles. The highest BCUT2D eigenvalue weighted by molar-refractivity contribution is 5.79. The molecule has 6 nitrogen and oxygen atoms in total. The SMILES string of the molecule is CCOC(=O)CN(CC(=O)N(CCc1ccccc1)Cc1ccc(C)o1)CC1CC1. The molecule has 6 heteroatoms. The minimum absolute atomic E-state index is 0.00457. The van der Waals surface area contributed by atoms with Gasteiger partial charge >= 0.3 is 5.97 Å². The van der Waals surface area contributed by atoms with E-state index in [0.717, 1.165) is 37.3 Å². The topological polar surface area (TPSA) is 63.0 Å². The largest absolute Gasteiger partial charge is 0.465 e. The van der Waals surface area contributed by atoms with Gasteiger partial charge in [0.15, 0.2) is 0 Å². The third kappa shape index (κ3) is 7.34. The smallest absolute Gasteiger partial charge is 0.320 e. The van der Waals surface area contributed by atoms with E-state index in [4.69, 9.17) is 9.15 Å². The molecule has 3 rings (SSSR count). The highest BCUT2D eigenvalue weighted by Crippen LogP contribution is 2.29. The quantitative estimate of drug-likeness (QED) is 0.500. The third-order valence-electron chi connectivity index (χ3n) is 5.24. The number of rotatable bonds is 12. The van der Waals surface area contributed by atoms with Crippen molar-refractivity contribution >= 4 is 11.9 Å². The molecule has 1 aliphatic rings. The predicted molar refractivity (Wildman–Crippen MR) is 115 cm³/mol. The molecule has 162 valence electrons. The summed E-state index contributed by atoms with van der Waals surface area (Å²) in [7, 11) is 0. The molecular formula is C24H32N2O4. The fourth-order valence-electron chi connectivity index (χ4n) is 3.49. The Bertz CT molecular complexity index is 814. The predicted octanol–water partition coefficient (Wildman–Crippen LogP) is 3.43.